The van der Waals surface area contributed by atoms with Gasteiger partial charge in [-0.1, -0.05) is 6.92 Å². The zero-order valence-electron chi connectivity index (χ0n) is 8.49. The van der Waals surface area contributed by atoms with E-state index in [9.17, 15) is 4.79 Å². The summed E-state index contributed by atoms with van der Waals surface area (Å²) in [6.45, 7) is 5.87. The van der Waals surface area contributed by atoms with Crippen LogP contribution in [-0.4, -0.2) is 51.3 Å². The highest BCUT2D eigenvalue weighted by atomic mass is 16.5. The highest BCUT2D eigenvalue weighted by Gasteiger charge is 2.05. The molecule has 0 saturated carbocycles. The third kappa shape index (κ3) is 7.74. The fourth-order valence-corrected chi connectivity index (χ4v) is 0.887. The molecular formula is C9H19NO3. The van der Waals surface area contributed by atoms with Crippen LogP contribution in [0.2, 0.25) is 0 Å². The lowest BCUT2D eigenvalue weighted by Crippen LogP contribution is -2.34. The predicted octanol–water partition coefficient (Wildman–Crippen LogP) is 0.518. The third-order valence-electron chi connectivity index (χ3n) is 1.60. The lowest BCUT2D eigenvalue weighted by atomic mass is 10.5. The number of methoxy groups -OCH3 is 1. The van der Waals surface area contributed by atoms with Gasteiger partial charge < -0.3 is 14.4 Å². The van der Waals surface area contributed by atoms with Crippen LogP contribution in [0.3, 0.4) is 0 Å². The fourth-order valence-electron chi connectivity index (χ4n) is 0.887. The SMILES string of the molecule is CCCOC.O=CN1CCOCC1. The second-order valence-corrected chi connectivity index (χ2v) is 2.75. The van der Waals surface area contributed by atoms with Crippen molar-refractivity contribution in [2.24, 2.45) is 0 Å². The molecule has 0 aromatic rings. The van der Waals surface area contributed by atoms with Crippen molar-refractivity contribution in [3.8, 4) is 0 Å². The summed E-state index contributed by atoms with van der Waals surface area (Å²) in [5.41, 5.74) is 0. The smallest absolute Gasteiger partial charge is 0.209 e. The first kappa shape index (κ1) is 12.4. The van der Waals surface area contributed by atoms with Gasteiger partial charge in [0.1, 0.15) is 0 Å². The van der Waals surface area contributed by atoms with Crippen molar-refractivity contribution in [2.45, 2.75) is 13.3 Å². The van der Waals surface area contributed by atoms with E-state index >= 15 is 0 Å². The van der Waals surface area contributed by atoms with Crippen LogP contribution in [0.4, 0.5) is 0 Å². The van der Waals surface area contributed by atoms with E-state index in [4.69, 9.17) is 9.47 Å². The first-order valence-corrected chi connectivity index (χ1v) is 4.61. The van der Waals surface area contributed by atoms with E-state index in [2.05, 4.69) is 6.92 Å². The molecule has 0 atom stereocenters. The van der Waals surface area contributed by atoms with Crippen LogP contribution in [-0.2, 0) is 14.3 Å². The Labute approximate surface area is 79.8 Å². The molecule has 0 aliphatic carbocycles. The van der Waals surface area contributed by atoms with E-state index in [1.54, 1.807) is 12.0 Å². The van der Waals surface area contributed by atoms with E-state index < -0.39 is 0 Å². The van der Waals surface area contributed by atoms with Crippen molar-refractivity contribution in [1.82, 2.24) is 4.90 Å². The molecule has 0 aromatic carbocycles. The largest absolute Gasteiger partial charge is 0.385 e. The Hall–Kier alpha value is -0.610. The molecule has 1 saturated heterocycles. The molecule has 0 spiro atoms. The molecule has 1 fully saturated rings. The number of ether oxygens (including phenoxy) is 2. The highest BCUT2D eigenvalue weighted by molar-refractivity contribution is 5.46. The molecule has 1 aliphatic heterocycles. The number of hydrogen-bond acceptors (Lipinski definition) is 3. The van der Waals surface area contributed by atoms with E-state index in [1.807, 2.05) is 0 Å². The quantitative estimate of drug-likeness (QED) is 0.607. The van der Waals surface area contributed by atoms with Gasteiger partial charge >= 0.3 is 0 Å². The lowest BCUT2D eigenvalue weighted by molar-refractivity contribution is -0.121. The van der Waals surface area contributed by atoms with Crippen molar-refractivity contribution in [3.05, 3.63) is 0 Å². The number of nitrogens with zero attached hydrogens (tertiary/aromatic N) is 1. The summed E-state index contributed by atoms with van der Waals surface area (Å²) >= 11 is 0. The van der Waals surface area contributed by atoms with Gasteiger partial charge in [0.05, 0.1) is 13.2 Å². The molecule has 0 unspecified atom stereocenters. The van der Waals surface area contributed by atoms with E-state index in [0.717, 1.165) is 32.5 Å². The maximum atomic E-state index is 10.0. The minimum absolute atomic E-state index is 0.693. The van der Waals surface area contributed by atoms with Gasteiger partial charge in [-0.3, -0.25) is 4.79 Å². The van der Waals surface area contributed by atoms with Gasteiger partial charge in [0.25, 0.3) is 0 Å². The molecule has 0 radical (unpaired) electrons. The number of rotatable bonds is 3. The van der Waals surface area contributed by atoms with Crippen LogP contribution >= 0.6 is 0 Å². The monoisotopic (exact) mass is 189 g/mol. The van der Waals surface area contributed by atoms with E-state index in [-0.39, 0.29) is 0 Å². The summed E-state index contributed by atoms with van der Waals surface area (Å²) in [4.78, 5) is 11.7. The zero-order chi connectivity index (χ0) is 9.94. The molecule has 1 rings (SSSR count). The standard InChI is InChI=1S/C5H9NO2.C4H10O/c7-5-6-1-3-8-4-2-6;1-3-4-5-2/h5H,1-4H2;3-4H2,1-2H3. The molecule has 1 amide bonds. The molecular weight excluding hydrogens is 170 g/mol. The van der Waals surface area contributed by atoms with Crippen LogP contribution in [0.25, 0.3) is 0 Å². The Morgan fingerprint density at radius 2 is 2.08 bits per heavy atom. The summed E-state index contributed by atoms with van der Waals surface area (Å²) in [6, 6.07) is 0. The summed E-state index contributed by atoms with van der Waals surface area (Å²) in [5.74, 6) is 0. The average Bonchev–Trinajstić information content (AvgIpc) is 2.21. The van der Waals surface area contributed by atoms with Gasteiger partial charge in [-0.25, -0.2) is 0 Å². The van der Waals surface area contributed by atoms with E-state index in [1.165, 1.54) is 0 Å². The summed E-state index contributed by atoms with van der Waals surface area (Å²) < 4.78 is 9.69. The second kappa shape index (κ2) is 9.48. The topological polar surface area (TPSA) is 38.8 Å². The Morgan fingerprint density at radius 1 is 1.46 bits per heavy atom. The van der Waals surface area contributed by atoms with Gasteiger partial charge in [0, 0.05) is 26.8 Å². The zero-order valence-corrected chi connectivity index (χ0v) is 8.49. The van der Waals surface area contributed by atoms with Crippen LogP contribution in [0, 0.1) is 0 Å². The number of morpholine rings is 1. The number of amides is 1. The normalized spacial score (nSPS) is 16.0. The van der Waals surface area contributed by atoms with Gasteiger partial charge in [0.15, 0.2) is 0 Å². The average molecular weight is 189 g/mol. The van der Waals surface area contributed by atoms with Crippen molar-refractivity contribution in [3.63, 3.8) is 0 Å². The van der Waals surface area contributed by atoms with Gasteiger partial charge in [-0.05, 0) is 6.42 Å². The molecule has 1 heterocycles. The third-order valence-corrected chi connectivity index (χ3v) is 1.60. The molecule has 1 aliphatic rings. The van der Waals surface area contributed by atoms with Crippen molar-refractivity contribution >= 4 is 6.41 Å². The number of carbonyl (C=O) groups is 1. The maximum absolute atomic E-state index is 10.0. The van der Waals surface area contributed by atoms with Crippen LogP contribution < -0.4 is 0 Å². The van der Waals surface area contributed by atoms with Crippen LogP contribution in [0.1, 0.15) is 13.3 Å². The molecule has 4 nitrogen and oxygen atoms in total. The van der Waals surface area contributed by atoms with Crippen molar-refractivity contribution in [2.75, 3.05) is 40.0 Å². The minimum Gasteiger partial charge on any atom is -0.385 e. The maximum Gasteiger partial charge on any atom is 0.209 e. The first-order chi connectivity index (χ1) is 6.35. The number of hydrogen-bond donors (Lipinski definition) is 0. The Balaban J connectivity index is 0.000000252. The molecule has 0 aromatic heterocycles. The van der Waals surface area contributed by atoms with E-state index in [0.29, 0.717) is 13.2 Å². The molecule has 78 valence electrons. The van der Waals surface area contributed by atoms with Gasteiger partial charge in [-0.15, -0.1) is 0 Å². The molecule has 4 heteroatoms. The lowest BCUT2D eigenvalue weighted by Gasteiger charge is -2.21. The predicted molar refractivity (Wildman–Crippen MR) is 50.6 cm³/mol. The second-order valence-electron chi connectivity index (χ2n) is 2.75. The summed E-state index contributed by atoms with van der Waals surface area (Å²) in [6.07, 6.45) is 1.99. The van der Waals surface area contributed by atoms with Crippen LogP contribution in [0.15, 0.2) is 0 Å². The van der Waals surface area contributed by atoms with Gasteiger partial charge in [0.2, 0.25) is 6.41 Å². The van der Waals surface area contributed by atoms with Crippen molar-refractivity contribution in [1.29, 1.82) is 0 Å². The first-order valence-electron chi connectivity index (χ1n) is 4.61. The summed E-state index contributed by atoms with van der Waals surface area (Å²) in [5, 5.41) is 0. The molecule has 0 N–H and O–H groups in total. The number of carbonyl (C=O) groups excluding carboxylic acids is 1. The van der Waals surface area contributed by atoms with Crippen LogP contribution in [0.5, 0.6) is 0 Å². The Kier molecular flexibility index (Phi) is 9.03. The van der Waals surface area contributed by atoms with Crippen molar-refractivity contribution < 1.29 is 14.3 Å². The summed E-state index contributed by atoms with van der Waals surface area (Å²) in [7, 11) is 1.71. The van der Waals surface area contributed by atoms with Gasteiger partial charge in [-0.2, -0.15) is 0 Å². The fraction of sp³-hybridized carbons (Fsp3) is 0.889. The minimum atomic E-state index is 0.693. The Morgan fingerprint density at radius 3 is 2.31 bits per heavy atom. The molecule has 0 bridgehead atoms. The molecule has 13 heavy (non-hydrogen) atoms. The Bertz CT molecular complexity index is 111. The highest BCUT2D eigenvalue weighted by Crippen LogP contribution is 1.90.